The van der Waals surface area contributed by atoms with Crippen LogP contribution in [0.5, 0.6) is 5.75 Å². The number of anilines is 1. The fourth-order valence-corrected chi connectivity index (χ4v) is 1.73. The van der Waals surface area contributed by atoms with Crippen LogP contribution >= 0.6 is 0 Å². The average molecular weight is 234 g/mol. The predicted molar refractivity (Wildman–Crippen MR) is 66.9 cm³/mol. The molecule has 0 radical (unpaired) electrons. The molecule has 0 bridgehead atoms. The first kappa shape index (κ1) is 11.9. The van der Waals surface area contributed by atoms with E-state index < -0.39 is 0 Å². The molecule has 0 saturated heterocycles. The largest absolute Gasteiger partial charge is 0.492 e. The maximum absolute atomic E-state index is 11.7. The van der Waals surface area contributed by atoms with Crippen LogP contribution in [0.1, 0.15) is 13.3 Å². The first-order valence-electron chi connectivity index (χ1n) is 5.94. The number of ether oxygens (including phenoxy) is 1. The Balaban J connectivity index is 1.87. The third kappa shape index (κ3) is 3.20. The van der Waals surface area contributed by atoms with Crippen molar-refractivity contribution >= 4 is 11.6 Å². The Morgan fingerprint density at radius 2 is 2.12 bits per heavy atom. The summed E-state index contributed by atoms with van der Waals surface area (Å²) in [5.74, 6) is 1.62. The second kappa shape index (κ2) is 5.19. The van der Waals surface area contributed by atoms with Crippen LogP contribution < -0.4 is 15.8 Å². The molecular weight excluding hydrogens is 216 g/mol. The highest BCUT2D eigenvalue weighted by Crippen LogP contribution is 2.38. The fourth-order valence-electron chi connectivity index (χ4n) is 1.73. The van der Waals surface area contributed by atoms with Gasteiger partial charge in [-0.2, -0.15) is 0 Å². The Labute approximate surface area is 101 Å². The number of nitrogens with two attached hydrogens (primary N) is 1. The lowest BCUT2D eigenvalue weighted by Gasteiger charge is -2.07. The molecule has 2 atom stereocenters. The summed E-state index contributed by atoms with van der Waals surface area (Å²) in [7, 11) is 0. The van der Waals surface area contributed by atoms with E-state index in [4.69, 9.17) is 10.5 Å². The Morgan fingerprint density at radius 1 is 1.47 bits per heavy atom. The summed E-state index contributed by atoms with van der Waals surface area (Å²) in [6, 6.07) is 7.36. The van der Waals surface area contributed by atoms with Gasteiger partial charge in [-0.25, -0.2) is 0 Å². The summed E-state index contributed by atoms with van der Waals surface area (Å²) < 4.78 is 5.35. The van der Waals surface area contributed by atoms with Gasteiger partial charge in [0, 0.05) is 18.2 Å². The molecule has 2 unspecified atom stereocenters. The number of hydrogen-bond acceptors (Lipinski definition) is 3. The number of carbonyl (C=O) groups is 1. The molecule has 0 spiro atoms. The lowest BCUT2D eigenvalue weighted by atomic mass is 10.2. The zero-order valence-electron chi connectivity index (χ0n) is 9.98. The van der Waals surface area contributed by atoms with Crippen molar-refractivity contribution in [2.24, 2.45) is 17.6 Å². The maximum Gasteiger partial charge on any atom is 0.227 e. The van der Waals surface area contributed by atoms with Crippen molar-refractivity contribution in [1.82, 2.24) is 0 Å². The van der Waals surface area contributed by atoms with Gasteiger partial charge in [0.15, 0.2) is 0 Å². The van der Waals surface area contributed by atoms with E-state index in [0.29, 0.717) is 19.1 Å². The van der Waals surface area contributed by atoms with E-state index in [2.05, 4.69) is 12.2 Å². The summed E-state index contributed by atoms with van der Waals surface area (Å²) in [5.41, 5.74) is 6.16. The van der Waals surface area contributed by atoms with Gasteiger partial charge in [-0.3, -0.25) is 4.79 Å². The van der Waals surface area contributed by atoms with E-state index in [0.717, 1.165) is 17.9 Å². The smallest absolute Gasteiger partial charge is 0.227 e. The number of rotatable bonds is 5. The molecule has 2 rings (SSSR count). The standard InChI is InChI=1S/C13H18N2O2/c1-9-8-12(9)13(16)15-10-2-4-11(5-3-10)17-7-6-14/h2-5,9,12H,6-8,14H2,1H3,(H,15,16). The Kier molecular flexibility index (Phi) is 3.64. The molecule has 1 saturated carbocycles. The molecule has 1 fully saturated rings. The van der Waals surface area contributed by atoms with Crippen LogP contribution in [-0.4, -0.2) is 19.1 Å². The van der Waals surface area contributed by atoms with E-state index in [-0.39, 0.29) is 11.8 Å². The molecule has 92 valence electrons. The lowest BCUT2D eigenvalue weighted by Crippen LogP contribution is -2.14. The van der Waals surface area contributed by atoms with Crippen LogP contribution in [0.3, 0.4) is 0 Å². The van der Waals surface area contributed by atoms with Gasteiger partial charge in [-0.1, -0.05) is 6.92 Å². The number of nitrogens with one attached hydrogen (secondary N) is 1. The molecule has 1 amide bonds. The van der Waals surface area contributed by atoms with Crippen molar-refractivity contribution in [2.45, 2.75) is 13.3 Å². The fraction of sp³-hybridized carbons (Fsp3) is 0.462. The highest BCUT2D eigenvalue weighted by atomic mass is 16.5. The van der Waals surface area contributed by atoms with E-state index in [1.807, 2.05) is 24.3 Å². The molecule has 1 aromatic carbocycles. The minimum atomic E-state index is 0.119. The zero-order valence-corrected chi connectivity index (χ0v) is 9.98. The monoisotopic (exact) mass is 234 g/mol. The van der Waals surface area contributed by atoms with Gasteiger partial charge in [-0.05, 0) is 36.6 Å². The molecule has 1 aliphatic carbocycles. The normalized spacial score (nSPS) is 22.0. The van der Waals surface area contributed by atoms with Crippen LogP contribution in [0.4, 0.5) is 5.69 Å². The summed E-state index contributed by atoms with van der Waals surface area (Å²) in [6.45, 7) is 3.09. The van der Waals surface area contributed by atoms with Gasteiger partial charge in [0.2, 0.25) is 5.91 Å². The molecule has 4 nitrogen and oxygen atoms in total. The van der Waals surface area contributed by atoms with Crippen molar-refractivity contribution in [3.05, 3.63) is 24.3 Å². The van der Waals surface area contributed by atoms with E-state index in [1.54, 1.807) is 0 Å². The van der Waals surface area contributed by atoms with Gasteiger partial charge in [0.25, 0.3) is 0 Å². The van der Waals surface area contributed by atoms with Crippen molar-refractivity contribution in [2.75, 3.05) is 18.5 Å². The summed E-state index contributed by atoms with van der Waals surface area (Å²) in [6.07, 6.45) is 1.00. The number of hydrogen-bond donors (Lipinski definition) is 2. The minimum Gasteiger partial charge on any atom is -0.492 e. The Morgan fingerprint density at radius 3 is 2.65 bits per heavy atom. The van der Waals surface area contributed by atoms with Crippen LogP contribution in [0.2, 0.25) is 0 Å². The second-order valence-corrected chi connectivity index (χ2v) is 4.47. The van der Waals surface area contributed by atoms with Crippen molar-refractivity contribution in [3.63, 3.8) is 0 Å². The quantitative estimate of drug-likeness (QED) is 0.813. The van der Waals surface area contributed by atoms with Crippen molar-refractivity contribution in [1.29, 1.82) is 0 Å². The number of amides is 1. The van der Waals surface area contributed by atoms with Gasteiger partial charge in [-0.15, -0.1) is 0 Å². The first-order valence-corrected chi connectivity index (χ1v) is 5.94. The molecule has 1 aromatic rings. The molecule has 17 heavy (non-hydrogen) atoms. The molecule has 0 aromatic heterocycles. The SMILES string of the molecule is CC1CC1C(=O)Nc1ccc(OCCN)cc1. The van der Waals surface area contributed by atoms with Crippen LogP contribution in [0.25, 0.3) is 0 Å². The topological polar surface area (TPSA) is 64.3 Å². The average Bonchev–Trinajstić information content (AvgIpc) is 3.06. The zero-order chi connectivity index (χ0) is 12.3. The predicted octanol–water partition coefficient (Wildman–Crippen LogP) is 1.62. The van der Waals surface area contributed by atoms with E-state index in [1.165, 1.54) is 0 Å². The molecule has 1 aliphatic rings. The Bertz CT molecular complexity index is 389. The molecular formula is C13H18N2O2. The van der Waals surface area contributed by atoms with Crippen LogP contribution in [0.15, 0.2) is 24.3 Å². The van der Waals surface area contributed by atoms with Gasteiger partial charge >= 0.3 is 0 Å². The Hall–Kier alpha value is -1.55. The van der Waals surface area contributed by atoms with Gasteiger partial charge in [0.05, 0.1) is 0 Å². The second-order valence-electron chi connectivity index (χ2n) is 4.47. The molecule has 0 aliphatic heterocycles. The van der Waals surface area contributed by atoms with Gasteiger partial charge in [0.1, 0.15) is 12.4 Å². The van der Waals surface area contributed by atoms with E-state index in [9.17, 15) is 4.79 Å². The number of carbonyl (C=O) groups excluding carboxylic acids is 1. The lowest BCUT2D eigenvalue weighted by molar-refractivity contribution is -0.117. The minimum absolute atomic E-state index is 0.119. The summed E-state index contributed by atoms with van der Waals surface area (Å²) in [5, 5.41) is 2.90. The molecule has 0 heterocycles. The third-order valence-electron chi connectivity index (χ3n) is 2.95. The van der Waals surface area contributed by atoms with Crippen molar-refractivity contribution < 1.29 is 9.53 Å². The van der Waals surface area contributed by atoms with Crippen LogP contribution in [-0.2, 0) is 4.79 Å². The van der Waals surface area contributed by atoms with Crippen LogP contribution in [0, 0.1) is 11.8 Å². The first-order chi connectivity index (χ1) is 8.20. The van der Waals surface area contributed by atoms with Crippen molar-refractivity contribution in [3.8, 4) is 5.75 Å². The maximum atomic E-state index is 11.7. The molecule has 3 N–H and O–H groups in total. The summed E-state index contributed by atoms with van der Waals surface area (Å²) in [4.78, 5) is 11.7. The van der Waals surface area contributed by atoms with E-state index >= 15 is 0 Å². The highest BCUT2D eigenvalue weighted by Gasteiger charge is 2.38. The number of benzene rings is 1. The molecule has 4 heteroatoms. The third-order valence-corrected chi connectivity index (χ3v) is 2.95. The highest BCUT2D eigenvalue weighted by molar-refractivity contribution is 5.94. The van der Waals surface area contributed by atoms with Gasteiger partial charge < -0.3 is 15.8 Å². The summed E-state index contributed by atoms with van der Waals surface area (Å²) >= 11 is 0.